The summed E-state index contributed by atoms with van der Waals surface area (Å²) in [6.45, 7) is 3.81. The van der Waals surface area contributed by atoms with E-state index in [1.54, 1.807) is 32.2 Å². The topological polar surface area (TPSA) is 77.2 Å². The van der Waals surface area contributed by atoms with Crippen LogP contribution in [0.15, 0.2) is 18.3 Å². The Hall–Kier alpha value is -1.69. The summed E-state index contributed by atoms with van der Waals surface area (Å²) in [6.07, 6.45) is 1.59. The van der Waals surface area contributed by atoms with E-state index in [9.17, 15) is 4.79 Å². The molecule has 1 unspecified atom stereocenters. The number of ether oxygens (including phenoxy) is 1. The van der Waals surface area contributed by atoms with Crippen molar-refractivity contribution in [2.75, 3.05) is 11.9 Å². The van der Waals surface area contributed by atoms with Gasteiger partial charge in [-0.05, 0) is 26.0 Å². The number of nitrogens with two attached hydrogens (primary N) is 1. The molecule has 0 saturated heterocycles. The minimum atomic E-state index is -0.479. The molecule has 17 heavy (non-hydrogen) atoms. The molecule has 0 amide bonds. The highest BCUT2D eigenvalue weighted by atomic mass is 32.1. The number of nitrogens with one attached hydrogen (secondary N) is 1. The fourth-order valence-electron chi connectivity index (χ4n) is 1.28. The van der Waals surface area contributed by atoms with Crippen molar-refractivity contribution in [2.24, 2.45) is 5.73 Å². The molecule has 0 aromatic carbocycles. The van der Waals surface area contributed by atoms with Crippen LogP contribution in [-0.4, -0.2) is 28.6 Å². The van der Waals surface area contributed by atoms with Gasteiger partial charge in [0.1, 0.15) is 16.7 Å². The highest BCUT2D eigenvalue weighted by Gasteiger charge is 2.16. The predicted octanol–water partition coefficient (Wildman–Crippen LogP) is 1.08. The molecule has 3 N–H and O–H groups in total. The minimum Gasteiger partial charge on any atom is -0.464 e. The molecular formula is C11H15N3O2S. The summed E-state index contributed by atoms with van der Waals surface area (Å²) in [5, 5.41) is 2.97. The van der Waals surface area contributed by atoms with Gasteiger partial charge in [-0.1, -0.05) is 12.2 Å². The number of hydrogen-bond acceptors (Lipinski definition) is 5. The van der Waals surface area contributed by atoms with Gasteiger partial charge in [-0.25, -0.2) is 4.79 Å². The molecule has 0 aliphatic carbocycles. The minimum absolute atomic E-state index is 0.184. The molecule has 1 aromatic rings. The summed E-state index contributed by atoms with van der Waals surface area (Å²) in [6, 6.07) is 3.02. The Morgan fingerprint density at radius 2 is 2.41 bits per heavy atom. The fourth-order valence-corrected chi connectivity index (χ4v) is 1.44. The van der Waals surface area contributed by atoms with Crippen molar-refractivity contribution in [3.8, 4) is 0 Å². The Morgan fingerprint density at radius 3 is 3.00 bits per heavy atom. The SMILES string of the molecule is CCOC(=O)C(C)Nc1cccnc1C(N)=S. The zero-order valence-electron chi connectivity index (χ0n) is 9.77. The van der Waals surface area contributed by atoms with E-state index in [1.807, 2.05) is 0 Å². The number of thiocarbonyl (C=S) groups is 1. The molecule has 0 aliphatic rings. The van der Waals surface area contributed by atoms with Crippen LogP contribution in [-0.2, 0) is 9.53 Å². The van der Waals surface area contributed by atoms with Crippen LogP contribution in [0.2, 0.25) is 0 Å². The Kier molecular flexibility index (Phi) is 4.84. The molecule has 0 aliphatic heterocycles. The molecule has 1 aromatic heterocycles. The van der Waals surface area contributed by atoms with Crippen molar-refractivity contribution in [2.45, 2.75) is 19.9 Å². The molecule has 1 heterocycles. The third-order valence-electron chi connectivity index (χ3n) is 2.05. The van der Waals surface area contributed by atoms with Gasteiger partial charge in [-0.3, -0.25) is 4.98 Å². The maximum Gasteiger partial charge on any atom is 0.328 e. The van der Waals surface area contributed by atoms with E-state index in [0.717, 1.165) is 0 Å². The molecule has 0 fully saturated rings. The molecule has 1 atom stereocenters. The lowest BCUT2D eigenvalue weighted by Crippen LogP contribution is -2.29. The fraction of sp³-hybridized carbons (Fsp3) is 0.364. The maximum atomic E-state index is 11.5. The average molecular weight is 253 g/mol. The van der Waals surface area contributed by atoms with Crippen molar-refractivity contribution in [1.29, 1.82) is 0 Å². The molecule has 92 valence electrons. The molecule has 6 heteroatoms. The zero-order chi connectivity index (χ0) is 12.8. The number of carbonyl (C=O) groups excluding carboxylic acids is 1. The van der Waals surface area contributed by atoms with Gasteiger partial charge in [0.05, 0.1) is 12.3 Å². The largest absolute Gasteiger partial charge is 0.464 e. The normalized spacial score (nSPS) is 11.6. The van der Waals surface area contributed by atoms with Crippen molar-refractivity contribution in [3.63, 3.8) is 0 Å². The van der Waals surface area contributed by atoms with E-state index in [-0.39, 0.29) is 11.0 Å². The highest BCUT2D eigenvalue weighted by molar-refractivity contribution is 7.80. The van der Waals surface area contributed by atoms with Crippen LogP contribution in [0.4, 0.5) is 5.69 Å². The summed E-state index contributed by atoms with van der Waals surface area (Å²) in [5.41, 5.74) is 6.63. The van der Waals surface area contributed by atoms with Crippen LogP contribution >= 0.6 is 12.2 Å². The van der Waals surface area contributed by atoms with Crippen LogP contribution in [0.25, 0.3) is 0 Å². The van der Waals surface area contributed by atoms with Gasteiger partial charge in [0.2, 0.25) is 0 Å². The number of carbonyl (C=O) groups is 1. The van der Waals surface area contributed by atoms with Crippen LogP contribution in [0.5, 0.6) is 0 Å². The zero-order valence-corrected chi connectivity index (χ0v) is 10.6. The summed E-state index contributed by atoms with van der Waals surface area (Å²) < 4.78 is 4.89. The summed E-state index contributed by atoms with van der Waals surface area (Å²) in [7, 11) is 0. The summed E-state index contributed by atoms with van der Waals surface area (Å²) in [4.78, 5) is 15.7. The van der Waals surface area contributed by atoms with Gasteiger partial charge in [0.25, 0.3) is 0 Å². The van der Waals surface area contributed by atoms with Crippen LogP contribution in [0.3, 0.4) is 0 Å². The molecule has 0 spiro atoms. The van der Waals surface area contributed by atoms with Gasteiger partial charge < -0.3 is 15.8 Å². The molecule has 1 rings (SSSR count). The summed E-state index contributed by atoms with van der Waals surface area (Å²) in [5.74, 6) is -0.328. The first-order valence-corrected chi connectivity index (χ1v) is 5.65. The Balaban J connectivity index is 2.81. The lowest BCUT2D eigenvalue weighted by atomic mass is 10.2. The van der Waals surface area contributed by atoms with Gasteiger partial charge >= 0.3 is 5.97 Å². The van der Waals surface area contributed by atoms with E-state index in [0.29, 0.717) is 18.0 Å². The van der Waals surface area contributed by atoms with Gasteiger partial charge in [-0.2, -0.15) is 0 Å². The smallest absolute Gasteiger partial charge is 0.328 e. The van der Waals surface area contributed by atoms with Crippen molar-refractivity contribution in [1.82, 2.24) is 4.98 Å². The molecule has 0 radical (unpaired) electrons. The molecule has 0 bridgehead atoms. The Bertz CT molecular complexity index is 423. The second kappa shape index (κ2) is 6.15. The monoisotopic (exact) mass is 253 g/mol. The first kappa shape index (κ1) is 13.4. The van der Waals surface area contributed by atoms with Crippen LogP contribution < -0.4 is 11.1 Å². The van der Waals surface area contributed by atoms with E-state index >= 15 is 0 Å². The average Bonchev–Trinajstić information content (AvgIpc) is 2.29. The van der Waals surface area contributed by atoms with E-state index in [1.165, 1.54) is 0 Å². The van der Waals surface area contributed by atoms with Crippen molar-refractivity contribution in [3.05, 3.63) is 24.0 Å². The number of anilines is 1. The van der Waals surface area contributed by atoms with E-state index in [4.69, 9.17) is 22.7 Å². The van der Waals surface area contributed by atoms with E-state index < -0.39 is 6.04 Å². The second-order valence-corrected chi connectivity index (χ2v) is 3.82. The number of aromatic nitrogens is 1. The summed E-state index contributed by atoms with van der Waals surface area (Å²) >= 11 is 4.88. The second-order valence-electron chi connectivity index (χ2n) is 3.38. The van der Waals surface area contributed by atoms with Crippen LogP contribution in [0.1, 0.15) is 19.5 Å². The molecule has 5 nitrogen and oxygen atoms in total. The Morgan fingerprint density at radius 1 is 1.71 bits per heavy atom. The molecule has 0 saturated carbocycles. The quantitative estimate of drug-likeness (QED) is 0.604. The van der Waals surface area contributed by atoms with Gasteiger partial charge in [0, 0.05) is 6.20 Å². The lowest BCUT2D eigenvalue weighted by Gasteiger charge is -2.15. The highest BCUT2D eigenvalue weighted by Crippen LogP contribution is 2.13. The lowest BCUT2D eigenvalue weighted by molar-refractivity contribution is -0.143. The first-order chi connectivity index (χ1) is 8.06. The van der Waals surface area contributed by atoms with Crippen molar-refractivity contribution < 1.29 is 9.53 Å². The van der Waals surface area contributed by atoms with Gasteiger partial charge in [0.15, 0.2) is 0 Å². The third kappa shape index (κ3) is 3.67. The Labute approximate surface area is 105 Å². The first-order valence-electron chi connectivity index (χ1n) is 5.24. The van der Waals surface area contributed by atoms with E-state index in [2.05, 4.69) is 10.3 Å². The standard InChI is InChI=1S/C11H15N3O2S/c1-3-16-11(15)7(2)14-8-5-4-6-13-9(8)10(12)17/h4-7,14H,3H2,1-2H3,(H2,12,17). The molecular weight excluding hydrogens is 238 g/mol. The number of rotatable bonds is 5. The van der Waals surface area contributed by atoms with Crippen molar-refractivity contribution >= 4 is 28.9 Å². The van der Waals surface area contributed by atoms with Gasteiger partial charge in [-0.15, -0.1) is 0 Å². The third-order valence-corrected chi connectivity index (χ3v) is 2.25. The maximum absolute atomic E-state index is 11.5. The van der Waals surface area contributed by atoms with Crippen LogP contribution in [0, 0.1) is 0 Å². The number of esters is 1. The number of hydrogen-bond donors (Lipinski definition) is 2. The number of nitrogens with zero attached hydrogens (tertiary/aromatic N) is 1. The number of pyridine rings is 1. The predicted molar refractivity (Wildman–Crippen MR) is 69.8 cm³/mol.